The third kappa shape index (κ3) is 3.34. The fourth-order valence-electron chi connectivity index (χ4n) is 4.52. The van der Waals surface area contributed by atoms with Crippen molar-refractivity contribution in [2.75, 3.05) is 0 Å². The number of nitrogens with zero attached hydrogens (tertiary/aromatic N) is 3. The predicted molar refractivity (Wildman–Crippen MR) is 149 cm³/mol. The molecule has 0 bridgehead atoms. The smallest absolute Gasteiger partial charge is 0.138 e. The van der Waals surface area contributed by atoms with E-state index in [1.807, 2.05) is 57.5 Å². The first-order valence-electron chi connectivity index (χ1n) is 11.9. The standard InChI is InChI=1S/C26H15N3S.2C2H6/c1-2-8-17-14-27-23(13-16(17)7-1)29-20-11-5-3-9-18(20)24-21(29)15-28-25-19-10-4-6-12-22(19)30-26(24)25;2*1-2/h1-15H;2*1-2H3. The van der Waals surface area contributed by atoms with Crippen molar-refractivity contribution >= 4 is 64.2 Å². The number of fused-ring (bicyclic) bond motifs is 8. The van der Waals surface area contributed by atoms with Crippen LogP contribution in [-0.4, -0.2) is 14.5 Å². The van der Waals surface area contributed by atoms with Crippen LogP contribution < -0.4 is 0 Å². The van der Waals surface area contributed by atoms with E-state index in [2.05, 4.69) is 77.4 Å². The molecule has 3 aromatic carbocycles. The summed E-state index contributed by atoms with van der Waals surface area (Å²) in [5.74, 6) is 0.919. The van der Waals surface area contributed by atoms with Crippen molar-refractivity contribution in [3.8, 4) is 5.82 Å². The van der Waals surface area contributed by atoms with Gasteiger partial charge in [-0.2, -0.15) is 0 Å². The van der Waals surface area contributed by atoms with Crippen molar-refractivity contribution in [3.63, 3.8) is 0 Å². The lowest BCUT2D eigenvalue weighted by Crippen LogP contribution is -1.97. The number of thiophene rings is 1. The molecule has 0 aliphatic rings. The molecule has 0 fully saturated rings. The highest BCUT2D eigenvalue weighted by Crippen LogP contribution is 2.41. The normalized spacial score (nSPS) is 10.9. The fraction of sp³-hybridized carbons (Fsp3) is 0.133. The van der Waals surface area contributed by atoms with E-state index in [0.717, 1.165) is 27.8 Å². The van der Waals surface area contributed by atoms with Gasteiger partial charge in [-0.3, -0.25) is 9.55 Å². The van der Waals surface area contributed by atoms with Gasteiger partial charge in [-0.1, -0.05) is 88.4 Å². The summed E-state index contributed by atoms with van der Waals surface area (Å²) in [6.07, 6.45) is 3.96. The molecule has 0 atom stereocenters. The Hall–Kier alpha value is -3.76. The molecular formula is C30H27N3S. The van der Waals surface area contributed by atoms with Crippen LogP contribution in [0, 0.1) is 0 Å². The zero-order chi connectivity index (χ0) is 23.7. The molecule has 0 saturated carbocycles. The van der Waals surface area contributed by atoms with Gasteiger partial charge in [-0.05, 0) is 23.6 Å². The average Bonchev–Trinajstić information content (AvgIpc) is 3.46. The maximum Gasteiger partial charge on any atom is 0.138 e. The highest BCUT2D eigenvalue weighted by molar-refractivity contribution is 7.26. The molecule has 34 heavy (non-hydrogen) atoms. The first kappa shape index (κ1) is 22.1. The molecular weight excluding hydrogens is 434 g/mol. The Bertz CT molecular complexity index is 1760. The minimum Gasteiger partial charge on any atom is -0.292 e. The summed E-state index contributed by atoms with van der Waals surface area (Å²) in [6, 6.07) is 27.6. The number of hydrogen-bond donors (Lipinski definition) is 0. The van der Waals surface area contributed by atoms with Crippen LogP contribution in [0.15, 0.2) is 91.3 Å². The molecule has 0 amide bonds. The first-order chi connectivity index (χ1) is 16.9. The van der Waals surface area contributed by atoms with Crippen LogP contribution in [0.5, 0.6) is 0 Å². The molecule has 3 nitrogen and oxygen atoms in total. The van der Waals surface area contributed by atoms with E-state index in [1.165, 1.54) is 30.9 Å². The second-order valence-electron chi connectivity index (χ2n) is 7.54. The summed E-state index contributed by atoms with van der Waals surface area (Å²) in [6.45, 7) is 8.00. The van der Waals surface area contributed by atoms with Gasteiger partial charge in [0.15, 0.2) is 0 Å². The lowest BCUT2D eigenvalue weighted by atomic mass is 10.1. The van der Waals surface area contributed by atoms with Crippen molar-refractivity contribution in [2.24, 2.45) is 0 Å². The third-order valence-corrected chi connectivity index (χ3v) is 7.05. The number of rotatable bonds is 1. The number of para-hydroxylation sites is 1. The maximum absolute atomic E-state index is 4.90. The van der Waals surface area contributed by atoms with Gasteiger partial charge in [-0.15, -0.1) is 11.3 Å². The molecule has 7 aromatic rings. The molecule has 0 unspecified atom stereocenters. The number of hydrogen-bond acceptors (Lipinski definition) is 3. The highest BCUT2D eigenvalue weighted by atomic mass is 32.1. The molecule has 168 valence electrons. The van der Waals surface area contributed by atoms with Crippen LogP contribution >= 0.6 is 11.3 Å². The van der Waals surface area contributed by atoms with Gasteiger partial charge in [0.2, 0.25) is 0 Å². The van der Waals surface area contributed by atoms with Crippen LogP contribution in [0.1, 0.15) is 27.7 Å². The monoisotopic (exact) mass is 461 g/mol. The Morgan fingerprint density at radius 2 is 1.32 bits per heavy atom. The summed E-state index contributed by atoms with van der Waals surface area (Å²) in [7, 11) is 0. The van der Waals surface area contributed by atoms with Gasteiger partial charge < -0.3 is 0 Å². The van der Waals surface area contributed by atoms with Crippen LogP contribution in [-0.2, 0) is 0 Å². The van der Waals surface area contributed by atoms with Gasteiger partial charge in [0, 0.05) is 32.4 Å². The predicted octanol–water partition coefficient (Wildman–Crippen LogP) is 9.15. The van der Waals surface area contributed by atoms with Crippen molar-refractivity contribution in [2.45, 2.75) is 27.7 Å². The van der Waals surface area contributed by atoms with E-state index < -0.39 is 0 Å². The van der Waals surface area contributed by atoms with E-state index in [1.54, 1.807) is 0 Å². The van der Waals surface area contributed by atoms with E-state index in [0.29, 0.717) is 0 Å². The van der Waals surface area contributed by atoms with Gasteiger partial charge >= 0.3 is 0 Å². The molecule has 0 aliphatic carbocycles. The Morgan fingerprint density at radius 3 is 2.15 bits per heavy atom. The highest BCUT2D eigenvalue weighted by Gasteiger charge is 2.18. The van der Waals surface area contributed by atoms with Gasteiger partial charge in [0.1, 0.15) is 5.82 Å². The largest absolute Gasteiger partial charge is 0.292 e. The summed E-state index contributed by atoms with van der Waals surface area (Å²) in [5.41, 5.74) is 3.33. The van der Waals surface area contributed by atoms with E-state index >= 15 is 0 Å². The fourth-order valence-corrected chi connectivity index (χ4v) is 5.73. The van der Waals surface area contributed by atoms with Crippen molar-refractivity contribution < 1.29 is 0 Å². The van der Waals surface area contributed by atoms with Gasteiger partial charge in [-0.25, -0.2) is 4.98 Å². The average molecular weight is 462 g/mol. The molecule has 0 saturated heterocycles. The lowest BCUT2D eigenvalue weighted by molar-refractivity contribution is 1.09. The quantitative estimate of drug-likeness (QED) is 0.244. The lowest BCUT2D eigenvalue weighted by Gasteiger charge is -2.08. The number of aromatic nitrogens is 3. The summed E-state index contributed by atoms with van der Waals surface area (Å²) in [4.78, 5) is 9.71. The molecule has 4 heteroatoms. The van der Waals surface area contributed by atoms with Crippen LogP contribution in [0.4, 0.5) is 0 Å². The molecule has 4 heterocycles. The minimum absolute atomic E-state index is 0.919. The van der Waals surface area contributed by atoms with E-state index in [-0.39, 0.29) is 0 Å². The first-order valence-corrected chi connectivity index (χ1v) is 12.7. The van der Waals surface area contributed by atoms with Crippen molar-refractivity contribution in [1.82, 2.24) is 14.5 Å². The van der Waals surface area contributed by atoms with Crippen LogP contribution in [0.3, 0.4) is 0 Å². The zero-order valence-electron chi connectivity index (χ0n) is 19.9. The Labute approximate surface area is 203 Å². The molecule has 0 spiro atoms. The molecule has 7 rings (SSSR count). The molecule has 4 aromatic heterocycles. The molecule has 0 radical (unpaired) electrons. The SMILES string of the molecule is CC.CC.c1ccc2cc(-n3c4ccccc4c4c5sc6ccccc6c5ncc43)ncc2c1. The van der Waals surface area contributed by atoms with Crippen LogP contribution in [0.25, 0.3) is 58.7 Å². The Morgan fingerprint density at radius 1 is 0.647 bits per heavy atom. The molecule has 0 aliphatic heterocycles. The minimum atomic E-state index is 0.919. The van der Waals surface area contributed by atoms with Gasteiger partial charge in [0.05, 0.1) is 27.4 Å². The van der Waals surface area contributed by atoms with Crippen LogP contribution in [0.2, 0.25) is 0 Å². The number of benzene rings is 3. The summed E-state index contributed by atoms with van der Waals surface area (Å²) >= 11 is 1.82. The second-order valence-corrected chi connectivity index (χ2v) is 8.59. The summed E-state index contributed by atoms with van der Waals surface area (Å²) < 4.78 is 4.76. The van der Waals surface area contributed by atoms with E-state index in [4.69, 9.17) is 9.97 Å². The maximum atomic E-state index is 4.90. The van der Waals surface area contributed by atoms with Crippen molar-refractivity contribution in [1.29, 1.82) is 0 Å². The molecule has 0 N–H and O–H groups in total. The van der Waals surface area contributed by atoms with E-state index in [9.17, 15) is 0 Å². The zero-order valence-corrected chi connectivity index (χ0v) is 20.7. The number of pyridine rings is 2. The Kier molecular flexibility index (Phi) is 5.99. The second kappa shape index (κ2) is 9.24. The Balaban J connectivity index is 0.000000574. The summed E-state index contributed by atoms with van der Waals surface area (Å²) in [5, 5.41) is 6.05. The van der Waals surface area contributed by atoms with Crippen molar-refractivity contribution in [3.05, 3.63) is 91.3 Å². The van der Waals surface area contributed by atoms with Gasteiger partial charge in [0.25, 0.3) is 0 Å². The topological polar surface area (TPSA) is 30.7 Å². The third-order valence-electron chi connectivity index (χ3n) is 5.87.